The Balaban J connectivity index is 1.65. The maximum absolute atomic E-state index is 12.6. The Labute approximate surface area is 168 Å². The van der Waals surface area contributed by atoms with Crippen LogP contribution in [-0.4, -0.2) is 49.7 Å². The van der Waals surface area contributed by atoms with Gasteiger partial charge in [-0.1, -0.05) is 59.6 Å². The predicted octanol–water partition coefficient (Wildman–Crippen LogP) is 3.75. The molecule has 0 atom stereocenters. The van der Waals surface area contributed by atoms with E-state index < -0.39 is 10.0 Å². The zero-order chi connectivity index (χ0) is 19.4. The molecule has 0 bridgehead atoms. The average Bonchev–Trinajstić information content (AvgIpc) is 2.69. The van der Waals surface area contributed by atoms with Gasteiger partial charge in [0.05, 0.1) is 15.6 Å². The Bertz CT molecular complexity index is 954. The molecule has 0 aliphatic carbocycles. The van der Waals surface area contributed by atoms with Crippen LogP contribution in [0.2, 0.25) is 10.0 Å². The zero-order valence-electron chi connectivity index (χ0n) is 14.4. The molecule has 8 heteroatoms. The molecule has 5 nitrogen and oxygen atoms in total. The molecule has 1 aliphatic heterocycles. The standard InChI is InChI=1S/C19H18Cl2N2O3S/c20-17-8-4-7-16(18(17)21)19(24)22-10-12-23(13-11-22)27(25,26)14-9-15-5-2-1-3-6-15/h1-9,14H,10-13H2/b14-9+. The maximum atomic E-state index is 12.6. The average molecular weight is 425 g/mol. The fraction of sp³-hybridized carbons (Fsp3) is 0.211. The number of hydrogen-bond donors (Lipinski definition) is 0. The number of piperazine rings is 1. The number of carbonyl (C=O) groups is 1. The molecule has 0 spiro atoms. The summed E-state index contributed by atoms with van der Waals surface area (Å²) < 4.78 is 26.4. The van der Waals surface area contributed by atoms with Gasteiger partial charge in [0.2, 0.25) is 10.0 Å². The largest absolute Gasteiger partial charge is 0.336 e. The first-order valence-corrected chi connectivity index (χ1v) is 10.6. The number of benzene rings is 2. The van der Waals surface area contributed by atoms with Gasteiger partial charge in [-0.25, -0.2) is 8.42 Å². The molecular formula is C19H18Cl2N2O3S. The zero-order valence-corrected chi connectivity index (χ0v) is 16.7. The topological polar surface area (TPSA) is 57.7 Å². The molecule has 27 heavy (non-hydrogen) atoms. The van der Waals surface area contributed by atoms with Crippen LogP contribution >= 0.6 is 23.2 Å². The lowest BCUT2D eigenvalue weighted by molar-refractivity contribution is 0.0699. The van der Waals surface area contributed by atoms with E-state index in [1.807, 2.05) is 30.3 Å². The monoisotopic (exact) mass is 424 g/mol. The van der Waals surface area contributed by atoms with Gasteiger partial charge in [-0.3, -0.25) is 4.79 Å². The van der Waals surface area contributed by atoms with Gasteiger partial charge in [-0.15, -0.1) is 0 Å². The van der Waals surface area contributed by atoms with Crippen LogP contribution in [0.1, 0.15) is 15.9 Å². The van der Waals surface area contributed by atoms with Crippen molar-refractivity contribution in [3.05, 3.63) is 75.1 Å². The lowest BCUT2D eigenvalue weighted by Gasteiger charge is -2.33. The van der Waals surface area contributed by atoms with E-state index in [9.17, 15) is 13.2 Å². The van der Waals surface area contributed by atoms with Gasteiger partial charge < -0.3 is 4.90 Å². The third-order valence-electron chi connectivity index (χ3n) is 4.30. The highest BCUT2D eigenvalue weighted by atomic mass is 35.5. The first-order chi connectivity index (χ1) is 12.9. The minimum Gasteiger partial charge on any atom is -0.336 e. The second kappa shape index (κ2) is 8.44. The minimum atomic E-state index is -3.54. The van der Waals surface area contributed by atoms with Gasteiger partial charge in [-0.05, 0) is 23.8 Å². The van der Waals surface area contributed by atoms with E-state index in [4.69, 9.17) is 23.2 Å². The Kier molecular flexibility index (Phi) is 6.22. The Morgan fingerprint density at radius 1 is 0.926 bits per heavy atom. The third kappa shape index (κ3) is 4.71. The second-order valence-electron chi connectivity index (χ2n) is 6.05. The molecule has 1 aliphatic rings. The quantitative estimate of drug-likeness (QED) is 0.750. The first-order valence-electron chi connectivity index (χ1n) is 8.35. The van der Waals surface area contributed by atoms with E-state index in [1.165, 1.54) is 9.71 Å². The van der Waals surface area contributed by atoms with Crippen LogP contribution in [0.25, 0.3) is 6.08 Å². The van der Waals surface area contributed by atoms with E-state index in [1.54, 1.807) is 29.2 Å². The van der Waals surface area contributed by atoms with Crippen molar-refractivity contribution in [2.45, 2.75) is 0 Å². The molecule has 0 unspecified atom stereocenters. The Hall–Kier alpha value is -1.86. The summed E-state index contributed by atoms with van der Waals surface area (Å²) in [6, 6.07) is 14.1. The van der Waals surface area contributed by atoms with Gasteiger partial charge in [0.1, 0.15) is 0 Å². The molecule has 2 aromatic rings. The fourth-order valence-electron chi connectivity index (χ4n) is 2.80. The minimum absolute atomic E-state index is 0.213. The highest BCUT2D eigenvalue weighted by Crippen LogP contribution is 2.27. The molecule has 1 saturated heterocycles. The van der Waals surface area contributed by atoms with Crippen molar-refractivity contribution in [1.29, 1.82) is 0 Å². The van der Waals surface area contributed by atoms with Crippen LogP contribution < -0.4 is 0 Å². The number of sulfonamides is 1. The molecule has 0 radical (unpaired) electrons. The summed E-state index contributed by atoms with van der Waals surface area (Å²) in [5.41, 5.74) is 1.13. The molecule has 1 amide bonds. The summed E-state index contributed by atoms with van der Waals surface area (Å²) in [5, 5.41) is 1.73. The van der Waals surface area contributed by atoms with Crippen molar-refractivity contribution >= 4 is 45.2 Å². The predicted molar refractivity (Wildman–Crippen MR) is 108 cm³/mol. The van der Waals surface area contributed by atoms with Gasteiger partial charge >= 0.3 is 0 Å². The first kappa shape index (κ1) is 19.9. The third-order valence-corrected chi connectivity index (χ3v) is 6.68. The second-order valence-corrected chi connectivity index (χ2v) is 8.65. The molecule has 1 heterocycles. The summed E-state index contributed by atoms with van der Waals surface area (Å²) in [6.45, 7) is 1.04. The van der Waals surface area contributed by atoms with Crippen molar-refractivity contribution in [3.8, 4) is 0 Å². The molecule has 142 valence electrons. The molecular weight excluding hydrogens is 407 g/mol. The smallest absolute Gasteiger partial charge is 0.255 e. The molecule has 0 aromatic heterocycles. The Morgan fingerprint density at radius 3 is 2.26 bits per heavy atom. The van der Waals surface area contributed by atoms with Crippen LogP contribution in [0.3, 0.4) is 0 Å². The summed E-state index contributed by atoms with van der Waals surface area (Å²) in [7, 11) is -3.54. The number of hydrogen-bond acceptors (Lipinski definition) is 3. The SMILES string of the molecule is O=C(c1cccc(Cl)c1Cl)N1CCN(S(=O)(=O)/C=C/c2ccccc2)CC1. The van der Waals surface area contributed by atoms with Crippen LogP contribution in [0.15, 0.2) is 53.9 Å². The number of nitrogens with zero attached hydrogens (tertiary/aromatic N) is 2. The molecule has 0 N–H and O–H groups in total. The van der Waals surface area contributed by atoms with E-state index in [-0.39, 0.29) is 24.0 Å². The van der Waals surface area contributed by atoms with Gasteiger partial charge in [0.15, 0.2) is 0 Å². The number of amides is 1. The van der Waals surface area contributed by atoms with Crippen molar-refractivity contribution in [2.24, 2.45) is 0 Å². The summed E-state index contributed by atoms with van der Waals surface area (Å²) in [6.07, 6.45) is 1.57. The van der Waals surface area contributed by atoms with Crippen LogP contribution in [-0.2, 0) is 10.0 Å². The summed E-state index contributed by atoms with van der Waals surface area (Å²) >= 11 is 12.1. The van der Waals surface area contributed by atoms with E-state index in [2.05, 4.69) is 0 Å². The molecule has 0 saturated carbocycles. The van der Waals surface area contributed by atoms with Crippen LogP contribution in [0, 0.1) is 0 Å². The van der Waals surface area contributed by atoms with E-state index in [0.29, 0.717) is 23.7 Å². The number of halogens is 2. The lowest BCUT2D eigenvalue weighted by atomic mass is 10.2. The van der Waals surface area contributed by atoms with E-state index in [0.717, 1.165) is 5.56 Å². The number of carbonyl (C=O) groups excluding carboxylic acids is 1. The highest BCUT2D eigenvalue weighted by molar-refractivity contribution is 7.92. The highest BCUT2D eigenvalue weighted by Gasteiger charge is 2.28. The normalized spacial score (nSPS) is 16.0. The summed E-state index contributed by atoms with van der Waals surface area (Å²) in [5.74, 6) is -0.251. The van der Waals surface area contributed by atoms with Crippen molar-refractivity contribution in [1.82, 2.24) is 9.21 Å². The molecule has 2 aromatic carbocycles. The van der Waals surface area contributed by atoms with E-state index >= 15 is 0 Å². The van der Waals surface area contributed by atoms with Crippen LogP contribution in [0.5, 0.6) is 0 Å². The van der Waals surface area contributed by atoms with Gasteiger partial charge in [0.25, 0.3) is 5.91 Å². The Morgan fingerprint density at radius 2 is 1.59 bits per heavy atom. The van der Waals surface area contributed by atoms with Crippen LogP contribution in [0.4, 0.5) is 0 Å². The van der Waals surface area contributed by atoms with Gasteiger partial charge in [-0.2, -0.15) is 4.31 Å². The van der Waals surface area contributed by atoms with Crippen molar-refractivity contribution in [3.63, 3.8) is 0 Å². The van der Waals surface area contributed by atoms with Gasteiger partial charge in [0, 0.05) is 31.6 Å². The summed E-state index contributed by atoms with van der Waals surface area (Å²) in [4.78, 5) is 14.2. The molecule has 1 fully saturated rings. The van der Waals surface area contributed by atoms with Crippen molar-refractivity contribution in [2.75, 3.05) is 26.2 Å². The lowest BCUT2D eigenvalue weighted by Crippen LogP contribution is -2.50. The fourth-order valence-corrected chi connectivity index (χ4v) is 4.35. The molecule has 3 rings (SSSR count). The number of rotatable bonds is 4. The maximum Gasteiger partial charge on any atom is 0.255 e. The van der Waals surface area contributed by atoms with Crippen molar-refractivity contribution < 1.29 is 13.2 Å².